The smallest absolute Gasteiger partial charge is 0.331 e. The van der Waals surface area contributed by atoms with Gasteiger partial charge in [-0.1, -0.05) is 63.6 Å². The van der Waals surface area contributed by atoms with Crippen molar-refractivity contribution in [3.05, 3.63) is 54.1 Å². The molecule has 24 heavy (non-hydrogen) atoms. The molecule has 1 aromatic carbocycles. The van der Waals surface area contributed by atoms with Crippen LogP contribution >= 0.6 is 0 Å². The minimum absolute atomic E-state index is 0.361. The summed E-state index contributed by atoms with van der Waals surface area (Å²) in [5, 5.41) is 0. The molecule has 130 valence electrons. The number of hydrogen-bond acceptors (Lipinski definition) is 4. The van der Waals surface area contributed by atoms with Gasteiger partial charge in [-0.05, 0) is 24.0 Å². The summed E-state index contributed by atoms with van der Waals surface area (Å²) in [6.45, 7) is 8.19. The summed E-state index contributed by atoms with van der Waals surface area (Å²) in [6, 6.07) is 7.67. The lowest BCUT2D eigenvalue weighted by Gasteiger charge is -2.18. The topological polar surface area (TPSA) is 52.6 Å². The van der Waals surface area contributed by atoms with Crippen molar-refractivity contribution >= 4 is 18.0 Å². The van der Waals surface area contributed by atoms with Crippen molar-refractivity contribution in [2.45, 2.75) is 45.6 Å². The van der Waals surface area contributed by atoms with Gasteiger partial charge in [-0.25, -0.2) is 9.59 Å². The van der Waals surface area contributed by atoms with Crippen molar-refractivity contribution in [3.8, 4) is 0 Å². The third-order valence-electron chi connectivity index (χ3n) is 3.47. The average Bonchev–Trinajstić information content (AvgIpc) is 2.60. The lowest BCUT2D eigenvalue weighted by atomic mass is 9.99. The highest BCUT2D eigenvalue weighted by Gasteiger charge is 2.17. The molecule has 0 aliphatic carbocycles. The minimum atomic E-state index is -0.556. The number of carbonyl (C=O) groups is 2. The van der Waals surface area contributed by atoms with Gasteiger partial charge in [0.05, 0.1) is 6.61 Å². The van der Waals surface area contributed by atoms with Crippen molar-refractivity contribution in [3.63, 3.8) is 0 Å². The van der Waals surface area contributed by atoms with E-state index in [0.717, 1.165) is 42.5 Å². The summed E-state index contributed by atoms with van der Waals surface area (Å²) in [4.78, 5) is 23.5. The first-order valence-corrected chi connectivity index (χ1v) is 8.39. The SMILES string of the molecule is C=Cc1ccccc1C(CCC)OC(=O)/C=C\C(=O)OCCCC. The standard InChI is InChI=1S/C20H26O4/c1-4-7-15-23-19(21)13-14-20(22)24-18(10-5-2)17-12-9-8-11-16(17)6-3/h6,8-9,11-14,18H,3-5,7,10,15H2,1-2H3/b14-13-. The molecular weight excluding hydrogens is 304 g/mol. The molecule has 1 atom stereocenters. The second kappa shape index (κ2) is 11.2. The van der Waals surface area contributed by atoms with Crippen LogP contribution in [0.1, 0.15) is 56.8 Å². The molecule has 1 rings (SSSR count). The van der Waals surface area contributed by atoms with Gasteiger partial charge >= 0.3 is 11.9 Å². The summed E-state index contributed by atoms with van der Waals surface area (Å²) in [5.41, 5.74) is 1.85. The van der Waals surface area contributed by atoms with E-state index in [4.69, 9.17) is 9.47 Å². The Morgan fingerprint density at radius 1 is 1.12 bits per heavy atom. The average molecular weight is 330 g/mol. The summed E-state index contributed by atoms with van der Waals surface area (Å²) in [6.07, 6.45) is 6.93. The molecule has 0 fully saturated rings. The fourth-order valence-electron chi connectivity index (χ4n) is 2.21. The molecule has 0 heterocycles. The largest absolute Gasteiger partial charge is 0.463 e. The van der Waals surface area contributed by atoms with Gasteiger partial charge in [0.1, 0.15) is 6.10 Å². The van der Waals surface area contributed by atoms with Crippen molar-refractivity contribution in [1.82, 2.24) is 0 Å². The van der Waals surface area contributed by atoms with E-state index in [1.807, 2.05) is 38.1 Å². The third-order valence-corrected chi connectivity index (χ3v) is 3.47. The maximum absolute atomic E-state index is 12.0. The van der Waals surface area contributed by atoms with E-state index in [-0.39, 0.29) is 6.10 Å². The van der Waals surface area contributed by atoms with E-state index < -0.39 is 11.9 Å². The first-order valence-electron chi connectivity index (χ1n) is 8.39. The first kappa shape index (κ1) is 19.7. The van der Waals surface area contributed by atoms with Crippen LogP contribution in [0, 0.1) is 0 Å². The number of ether oxygens (including phenoxy) is 2. The molecule has 1 aromatic rings. The third kappa shape index (κ3) is 6.82. The second-order valence-electron chi connectivity index (χ2n) is 5.40. The molecule has 0 radical (unpaired) electrons. The number of benzene rings is 1. The Morgan fingerprint density at radius 2 is 1.83 bits per heavy atom. The normalized spacial score (nSPS) is 11.9. The van der Waals surface area contributed by atoms with Gasteiger partial charge in [-0.15, -0.1) is 0 Å². The Hall–Kier alpha value is -2.36. The van der Waals surface area contributed by atoms with Crippen LogP contribution in [0.2, 0.25) is 0 Å². The molecule has 0 saturated carbocycles. The van der Waals surface area contributed by atoms with E-state index >= 15 is 0 Å². The zero-order valence-corrected chi connectivity index (χ0v) is 14.5. The van der Waals surface area contributed by atoms with Crippen LogP contribution in [0.3, 0.4) is 0 Å². The molecule has 0 N–H and O–H groups in total. The second-order valence-corrected chi connectivity index (χ2v) is 5.40. The van der Waals surface area contributed by atoms with Gasteiger partial charge in [0.15, 0.2) is 0 Å². The van der Waals surface area contributed by atoms with Gasteiger partial charge in [0.2, 0.25) is 0 Å². The Labute approximate surface area is 144 Å². The minimum Gasteiger partial charge on any atom is -0.463 e. The summed E-state index contributed by atoms with van der Waals surface area (Å²) < 4.78 is 10.5. The molecule has 0 aliphatic rings. The van der Waals surface area contributed by atoms with Crippen molar-refractivity contribution in [1.29, 1.82) is 0 Å². The van der Waals surface area contributed by atoms with Gasteiger partial charge in [-0.3, -0.25) is 0 Å². The highest BCUT2D eigenvalue weighted by molar-refractivity contribution is 5.91. The lowest BCUT2D eigenvalue weighted by molar-refractivity contribution is -0.144. The van der Waals surface area contributed by atoms with Crippen LogP contribution in [0.4, 0.5) is 0 Å². The predicted molar refractivity (Wildman–Crippen MR) is 95.3 cm³/mol. The van der Waals surface area contributed by atoms with Crippen LogP contribution in [0.15, 0.2) is 43.0 Å². The molecule has 4 nitrogen and oxygen atoms in total. The zero-order valence-electron chi connectivity index (χ0n) is 14.5. The maximum atomic E-state index is 12.0. The number of rotatable bonds is 10. The maximum Gasteiger partial charge on any atom is 0.331 e. The quantitative estimate of drug-likeness (QED) is 0.357. The lowest BCUT2D eigenvalue weighted by Crippen LogP contribution is -2.11. The highest BCUT2D eigenvalue weighted by atomic mass is 16.5. The van der Waals surface area contributed by atoms with Crippen LogP contribution < -0.4 is 0 Å². The number of unbranched alkanes of at least 4 members (excludes halogenated alkanes) is 1. The molecule has 0 bridgehead atoms. The van der Waals surface area contributed by atoms with Crippen molar-refractivity contribution in [2.75, 3.05) is 6.61 Å². The van der Waals surface area contributed by atoms with Crippen molar-refractivity contribution in [2.24, 2.45) is 0 Å². The van der Waals surface area contributed by atoms with Crippen LogP contribution in [0.25, 0.3) is 6.08 Å². The predicted octanol–water partition coefficient (Wildman–Crippen LogP) is 4.61. The summed E-state index contributed by atoms with van der Waals surface area (Å²) in [5.74, 6) is -1.08. The number of carbonyl (C=O) groups excluding carboxylic acids is 2. The highest BCUT2D eigenvalue weighted by Crippen LogP contribution is 2.27. The molecule has 4 heteroatoms. The zero-order chi connectivity index (χ0) is 17.8. The van der Waals surface area contributed by atoms with E-state index in [0.29, 0.717) is 13.0 Å². The van der Waals surface area contributed by atoms with Gasteiger partial charge in [0.25, 0.3) is 0 Å². The monoisotopic (exact) mass is 330 g/mol. The fourth-order valence-corrected chi connectivity index (χ4v) is 2.21. The van der Waals surface area contributed by atoms with Crippen molar-refractivity contribution < 1.29 is 19.1 Å². The van der Waals surface area contributed by atoms with E-state index in [2.05, 4.69) is 6.58 Å². The Bertz CT molecular complexity index is 575. The van der Waals surface area contributed by atoms with E-state index in [9.17, 15) is 9.59 Å². The molecule has 0 saturated heterocycles. The number of esters is 2. The summed E-state index contributed by atoms with van der Waals surface area (Å²) in [7, 11) is 0. The van der Waals surface area contributed by atoms with Gasteiger partial charge in [-0.2, -0.15) is 0 Å². The van der Waals surface area contributed by atoms with Crippen LogP contribution in [0.5, 0.6) is 0 Å². The molecule has 0 aromatic heterocycles. The van der Waals surface area contributed by atoms with Gasteiger partial charge in [0, 0.05) is 12.2 Å². The van der Waals surface area contributed by atoms with E-state index in [1.54, 1.807) is 6.08 Å². The molecule has 0 amide bonds. The van der Waals surface area contributed by atoms with Crippen LogP contribution in [-0.2, 0) is 19.1 Å². The molecule has 0 spiro atoms. The Balaban J connectivity index is 2.69. The Kier molecular flexibility index (Phi) is 9.20. The fraction of sp³-hybridized carbons (Fsp3) is 0.400. The van der Waals surface area contributed by atoms with E-state index in [1.165, 1.54) is 0 Å². The molecule has 0 aliphatic heterocycles. The number of hydrogen-bond donors (Lipinski definition) is 0. The first-order chi connectivity index (χ1) is 11.6. The molecular formula is C20H26O4. The summed E-state index contributed by atoms with van der Waals surface area (Å²) >= 11 is 0. The molecule has 1 unspecified atom stereocenters. The van der Waals surface area contributed by atoms with Crippen LogP contribution in [-0.4, -0.2) is 18.5 Å². The van der Waals surface area contributed by atoms with Gasteiger partial charge < -0.3 is 9.47 Å². The Morgan fingerprint density at radius 3 is 2.50 bits per heavy atom.